The Morgan fingerprint density at radius 2 is 2.24 bits per heavy atom. The monoisotopic (exact) mass is 240 g/mol. The standard InChI is InChI=1S/C12H20N2O3/c1-9(2)14-7-10(15)8-17-11-5-4-6-13-12(11)16-3/h4-6,9-10,14-15H,7-8H2,1-3H3. The highest BCUT2D eigenvalue weighted by molar-refractivity contribution is 5.32. The fourth-order valence-electron chi connectivity index (χ4n) is 1.26. The molecular formula is C12H20N2O3. The Morgan fingerprint density at radius 3 is 2.88 bits per heavy atom. The summed E-state index contributed by atoms with van der Waals surface area (Å²) >= 11 is 0. The van der Waals surface area contributed by atoms with E-state index in [1.54, 1.807) is 18.3 Å². The van der Waals surface area contributed by atoms with Crippen molar-refractivity contribution in [2.24, 2.45) is 0 Å². The van der Waals surface area contributed by atoms with Crippen molar-refractivity contribution >= 4 is 0 Å². The van der Waals surface area contributed by atoms with Crippen LogP contribution >= 0.6 is 0 Å². The molecule has 1 heterocycles. The van der Waals surface area contributed by atoms with E-state index in [1.807, 2.05) is 13.8 Å². The van der Waals surface area contributed by atoms with Gasteiger partial charge in [0.1, 0.15) is 12.7 Å². The summed E-state index contributed by atoms with van der Waals surface area (Å²) in [6.45, 7) is 4.76. The number of aliphatic hydroxyl groups is 1. The van der Waals surface area contributed by atoms with Crippen LogP contribution in [0.3, 0.4) is 0 Å². The van der Waals surface area contributed by atoms with Crippen LogP contribution < -0.4 is 14.8 Å². The van der Waals surface area contributed by atoms with Crippen LogP contribution in [-0.2, 0) is 0 Å². The van der Waals surface area contributed by atoms with Gasteiger partial charge in [-0.2, -0.15) is 0 Å². The minimum Gasteiger partial charge on any atom is -0.485 e. The fraction of sp³-hybridized carbons (Fsp3) is 0.583. The number of ether oxygens (including phenoxy) is 2. The number of nitrogens with zero attached hydrogens (tertiary/aromatic N) is 1. The van der Waals surface area contributed by atoms with E-state index in [2.05, 4.69) is 10.3 Å². The van der Waals surface area contributed by atoms with E-state index >= 15 is 0 Å². The molecule has 0 aliphatic carbocycles. The second-order valence-corrected chi connectivity index (χ2v) is 4.04. The molecule has 1 aromatic heterocycles. The lowest BCUT2D eigenvalue weighted by Crippen LogP contribution is -2.35. The van der Waals surface area contributed by atoms with E-state index in [4.69, 9.17) is 9.47 Å². The van der Waals surface area contributed by atoms with Crippen LogP contribution in [0, 0.1) is 0 Å². The average molecular weight is 240 g/mol. The SMILES string of the molecule is COc1ncccc1OCC(O)CNC(C)C. The molecule has 0 aliphatic heterocycles. The van der Waals surface area contributed by atoms with E-state index in [1.165, 1.54) is 7.11 Å². The molecule has 0 saturated heterocycles. The highest BCUT2D eigenvalue weighted by Gasteiger charge is 2.09. The summed E-state index contributed by atoms with van der Waals surface area (Å²) in [5, 5.41) is 12.8. The third kappa shape index (κ3) is 5.01. The van der Waals surface area contributed by atoms with E-state index in [0.717, 1.165) is 0 Å². The van der Waals surface area contributed by atoms with Gasteiger partial charge in [-0.05, 0) is 12.1 Å². The van der Waals surface area contributed by atoms with Crippen molar-refractivity contribution in [3.8, 4) is 11.6 Å². The molecule has 0 radical (unpaired) electrons. The van der Waals surface area contributed by atoms with E-state index in [0.29, 0.717) is 24.2 Å². The fourth-order valence-corrected chi connectivity index (χ4v) is 1.26. The van der Waals surface area contributed by atoms with Gasteiger partial charge in [0.15, 0.2) is 5.75 Å². The molecule has 5 heteroatoms. The molecule has 1 rings (SSSR count). The lowest BCUT2D eigenvalue weighted by atomic mass is 10.3. The molecule has 0 bridgehead atoms. The van der Waals surface area contributed by atoms with Gasteiger partial charge in [-0.15, -0.1) is 0 Å². The first-order valence-corrected chi connectivity index (χ1v) is 5.66. The summed E-state index contributed by atoms with van der Waals surface area (Å²) in [5.41, 5.74) is 0. The van der Waals surface area contributed by atoms with Gasteiger partial charge in [-0.3, -0.25) is 0 Å². The smallest absolute Gasteiger partial charge is 0.256 e. The number of hydrogen-bond acceptors (Lipinski definition) is 5. The maximum Gasteiger partial charge on any atom is 0.256 e. The van der Waals surface area contributed by atoms with Gasteiger partial charge in [0, 0.05) is 18.8 Å². The van der Waals surface area contributed by atoms with Crippen LogP contribution in [-0.4, -0.2) is 42.5 Å². The summed E-state index contributed by atoms with van der Waals surface area (Å²) in [6, 6.07) is 3.86. The first kappa shape index (κ1) is 13.7. The number of nitrogens with one attached hydrogen (secondary N) is 1. The summed E-state index contributed by atoms with van der Waals surface area (Å²) in [4.78, 5) is 4.00. The number of rotatable bonds is 7. The Kier molecular flexibility index (Phi) is 5.72. The maximum absolute atomic E-state index is 9.67. The topological polar surface area (TPSA) is 63.6 Å². The second-order valence-electron chi connectivity index (χ2n) is 4.04. The van der Waals surface area contributed by atoms with Gasteiger partial charge >= 0.3 is 0 Å². The largest absolute Gasteiger partial charge is 0.485 e. The highest BCUT2D eigenvalue weighted by Crippen LogP contribution is 2.22. The van der Waals surface area contributed by atoms with E-state index < -0.39 is 6.10 Å². The Balaban J connectivity index is 2.39. The van der Waals surface area contributed by atoms with Crippen molar-refractivity contribution in [3.05, 3.63) is 18.3 Å². The minimum atomic E-state index is -0.553. The molecule has 1 unspecified atom stereocenters. The predicted octanol–water partition coefficient (Wildman–Crippen LogP) is 0.828. The van der Waals surface area contributed by atoms with Gasteiger partial charge < -0.3 is 19.9 Å². The second kappa shape index (κ2) is 7.09. The van der Waals surface area contributed by atoms with Crippen LogP contribution in [0.5, 0.6) is 11.6 Å². The van der Waals surface area contributed by atoms with Crippen molar-refractivity contribution in [1.29, 1.82) is 0 Å². The molecule has 0 spiro atoms. The van der Waals surface area contributed by atoms with Gasteiger partial charge in [0.2, 0.25) is 0 Å². The van der Waals surface area contributed by atoms with Crippen LogP contribution in [0.4, 0.5) is 0 Å². The normalized spacial score (nSPS) is 12.5. The van der Waals surface area contributed by atoms with Gasteiger partial charge in [0.05, 0.1) is 7.11 Å². The number of aliphatic hydroxyl groups excluding tert-OH is 1. The molecule has 0 aliphatic rings. The Morgan fingerprint density at radius 1 is 1.47 bits per heavy atom. The Labute approximate surface area is 102 Å². The first-order chi connectivity index (χ1) is 8.13. The summed E-state index contributed by atoms with van der Waals surface area (Å²) in [5.74, 6) is 0.968. The van der Waals surface area contributed by atoms with Gasteiger partial charge in [0.25, 0.3) is 5.88 Å². The lowest BCUT2D eigenvalue weighted by Gasteiger charge is -2.15. The number of aromatic nitrogens is 1. The molecule has 1 aromatic rings. The maximum atomic E-state index is 9.67. The third-order valence-electron chi connectivity index (χ3n) is 2.12. The summed E-state index contributed by atoms with van der Waals surface area (Å²) in [6.07, 6.45) is 1.07. The Bertz CT molecular complexity index is 331. The van der Waals surface area contributed by atoms with Crippen molar-refractivity contribution in [3.63, 3.8) is 0 Å². The number of pyridine rings is 1. The average Bonchev–Trinajstić information content (AvgIpc) is 2.34. The predicted molar refractivity (Wildman–Crippen MR) is 65.4 cm³/mol. The summed E-state index contributed by atoms with van der Waals surface area (Å²) in [7, 11) is 1.53. The first-order valence-electron chi connectivity index (χ1n) is 5.66. The summed E-state index contributed by atoms with van der Waals surface area (Å²) < 4.78 is 10.5. The van der Waals surface area contributed by atoms with E-state index in [-0.39, 0.29) is 6.61 Å². The number of methoxy groups -OCH3 is 1. The molecule has 1 atom stereocenters. The molecule has 0 fully saturated rings. The van der Waals surface area contributed by atoms with Crippen molar-refractivity contribution in [1.82, 2.24) is 10.3 Å². The zero-order chi connectivity index (χ0) is 12.7. The zero-order valence-corrected chi connectivity index (χ0v) is 10.5. The van der Waals surface area contributed by atoms with Crippen LogP contribution in [0.2, 0.25) is 0 Å². The molecule has 96 valence electrons. The molecule has 0 amide bonds. The van der Waals surface area contributed by atoms with Crippen molar-refractivity contribution < 1.29 is 14.6 Å². The van der Waals surface area contributed by atoms with E-state index in [9.17, 15) is 5.11 Å². The van der Waals surface area contributed by atoms with Gasteiger partial charge in [-0.1, -0.05) is 13.8 Å². The van der Waals surface area contributed by atoms with Crippen molar-refractivity contribution in [2.45, 2.75) is 26.0 Å². The van der Waals surface area contributed by atoms with Gasteiger partial charge in [-0.25, -0.2) is 4.98 Å². The lowest BCUT2D eigenvalue weighted by molar-refractivity contribution is 0.102. The molecule has 0 saturated carbocycles. The third-order valence-corrected chi connectivity index (χ3v) is 2.12. The molecule has 17 heavy (non-hydrogen) atoms. The molecule has 0 aromatic carbocycles. The molecule has 2 N–H and O–H groups in total. The molecular weight excluding hydrogens is 220 g/mol. The highest BCUT2D eigenvalue weighted by atomic mass is 16.5. The van der Waals surface area contributed by atoms with Crippen molar-refractivity contribution in [2.75, 3.05) is 20.3 Å². The van der Waals surface area contributed by atoms with Crippen LogP contribution in [0.1, 0.15) is 13.8 Å². The Hall–Kier alpha value is -1.33. The van der Waals surface area contributed by atoms with Crippen LogP contribution in [0.25, 0.3) is 0 Å². The minimum absolute atomic E-state index is 0.210. The number of hydrogen-bond donors (Lipinski definition) is 2. The zero-order valence-electron chi connectivity index (χ0n) is 10.5. The molecule has 5 nitrogen and oxygen atoms in total. The quantitative estimate of drug-likeness (QED) is 0.739. The van der Waals surface area contributed by atoms with Crippen LogP contribution in [0.15, 0.2) is 18.3 Å².